The quantitative estimate of drug-likeness (QED) is 0.601. The summed E-state index contributed by atoms with van der Waals surface area (Å²) < 4.78 is 10.9. The van der Waals surface area contributed by atoms with Crippen LogP contribution in [0.25, 0.3) is 0 Å². The zero-order valence-electron chi connectivity index (χ0n) is 13.9. The second-order valence-electron chi connectivity index (χ2n) is 6.11. The maximum atomic E-state index is 12.6. The first kappa shape index (κ1) is 16.2. The van der Waals surface area contributed by atoms with E-state index in [4.69, 9.17) is 9.47 Å². The van der Waals surface area contributed by atoms with E-state index in [1.807, 2.05) is 30.3 Å². The maximum absolute atomic E-state index is 12.6. The third-order valence-corrected chi connectivity index (χ3v) is 4.51. The molecule has 0 bridgehead atoms. The average molecular weight is 324 g/mol. The lowest BCUT2D eigenvalue weighted by atomic mass is 9.96. The minimum absolute atomic E-state index is 0.0341. The van der Waals surface area contributed by atoms with Gasteiger partial charge >= 0.3 is 5.97 Å². The molecule has 0 heterocycles. The molecule has 24 heavy (non-hydrogen) atoms. The van der Waals surface area contributed by atoms with Crippen LogP contribution >= 0.6 is 0 Å². The largest absolute Gasteiger partial charge is 0.496 e. The molecule has 0 atom stereocenters. The van der Waals surface area contributed by atoms with Gasteiger partial charge in [-0.3, -0.25) is 9.59 Å². The van der Waals surface area contributed by atoms with E-state index in [0.717, 1.165) is 18.4 Å². The zero-order chi connectivity index (χ0) is 17.2. The smallest absolute Gasteiger partial charge is 0.316 e. The number of Topliss-reactive ketones (excluding diaryl/α,β-unsaturated/α-hetero) is 1. The number of ketones is 1. The van der Waals surface area contributed by atoms with Gasteiger partial charge in [0.15, 0.2) is 5.78 Å². The standard InChI is InChI=1S/C20H20O4/c1-14(21)15-8-9-18(23-2)16(12-15)13-24-19(22)20(10-11-20)17-6-4-3-5-7-17/h3-9,12H,10-11,13H2,1-2H3. The number of esters is 1. The van der Waals surface area contributed by atoms with E-state index in [1.54, 1.807) is 25.3 Å². The fraction of sp³-hybridized carbons (Fsp3) is 0.300. The van der Waals surface area contributed by atoms with Gasteiger partial charge < -0.3 is 9.47 Å². The lowest BCUT2D eigenvalue weighted by molar-refractivity contribution is -0.148. The van der Waals surface area contributed by atoms with Crippen molar-refractivity contribution in [3.63, 3.8) is 0 Å². The van der Waals surface area contributed by atoms with E-state index in [0.29, 0.717) is 16.9 Å². The molecule has 1 saturated carbocycles. The molecule has 3 rings (SSSR count). The monoisotopic (exact) mass is 324 g/mol. The highest BCUT2D eigenvalue weighted by Crippen LogP contribution is 2.49. The Morgan fingerprint density at radius 2 is 1.79 bits per heavy atom. The fourth-order valence-electron chi connectivity index (χ4n) is 2.88. The Hall–Kier alpha value is -2.62. The zero-order valence-corrected chi connectivity index (χ0v) is 13.9. The number of rotatable bonds is 6. The summed E-state index contributed by atoms with van der Waals surface area (Å²) in [4.78, 5) is 24.1. The normalized spacial score (nSPS) is 14.8. The van der Waals surface area contributed by atoms with E-state index in [2.05, 4.69) is 0 Å². The highest BCUT2D eigenvalue weighted by molar-refractivity contribution is 5.94. The minimum Gasteiger partial charge on any atom is -0.496 e. The van der Waals surface area contributed by atoms with Crippen molar-refractivity contribution in [2.24, 2.45) is 0 Å². The van der Waals surface area contributed by atoms with Gasteiger partial charge in [0.2, 0.25) is 0 Å². The van der Waals surface area contributed by atoms with Crippen LogP contribution in [0.2, 0.25) is 0 Å². The highest BCUT2D eigenvalue weighted by atomic mass is 16.5. The van der Waals surface area contributed by atoms with Gasteiger partial charge in [-0.15, -0.1) is 0 Å². The molecule has 0 amide bonds. The van der Waals surface area contributed by atoms with Crippen LogP contribution in [0.1, 0.15) is 41.3 Å². The van der Waals surface area contributed by atoms with Crippen LogP contribution < -0.4 is 4.74 Å². The van der Waals surface area contributed by atoms with Crippen LogP contribution in [0.3, 0.4) is 0 Å². The molecule has 0 aliphatic heterocycles. The maximum Gasteiger partial charge on any atom is 0.316 e. The number of hydrogen-bond acceptors (Lipinski definition) is 4. The highest BCUT2D eigenvalue weighted by Gasteiger charge is 2.52. The Labute approximate surface area is 141 Å². The first-order valence-corrected chi connectivity index (χ1v) is 7.97. The molecule has 4 nitrogen and oxygen atoms in total. The third kappa shape index (κ3) is 3.04. The van der Waals surface area contributed by atoms with Crippen molar-refractivity contribution in [3.8, 4) is 5.75 Å². The summed E-state index contributed by atoms with van der Waals surface area (Å²) in [6, 6.07) is 14.9. The molecule has 0 aromatic heterocycles. The summed E-state index contributed by atoms with van der Waals surface area (Å²) >= 11 is 0. The summed E-state index contributed by atoms with van der Waals surface area (Å²) in [6.45, 7) is 1.60. The van der Waals surface area contributed by atoms with Crippen LogP contribution in [-0.2, 0) is 21.6 Å². The molecule has 2 aromatic rings. The van der Waals surface area contributed by atoms with Crippen molar-refractivity contribution in [3.05, 3.63) is 65.2 Å². The van der Waals surface area contributed by atoms with Crippen LogP contribution in [-0.4, -0.2) is 18.9 Å². The predicted molar refractivity (Wildman–Crippen MR) is 90.1 cm³/mol. The Bertz CT molecular complexity index is 760. The second-order valence-corrected chi connectivity index (χ2v) is 6.11. The van der Waals surface area contributed by atoms with Gasteiger partial charge in [0, 0.05) is 11.1 Å². The molecular formula is C20H20O4. The summed E-state index contributed by atoms with van der Waals surface area (Å²) in [5.41, 5.74) is 1.76. The van der Waals surface area contributed by atoms with E-state index >= 15 is 0 Å². The van der Waals surface area contributed by atoms with Crippen molar-refractivity contribution < 1.29 is 19.1 Å². The van der Waals surface area contributed by atoms with Gasteiger partial charge in [-0.25, -0.2) is 0 Å². The molecule has 0 unspecified atom stereocenters. The lowest BCUT2D eigenvalue weighted by Crippen LogP contribution is -2.23. The SMILES string of the molecule is COc1ccc(C(C)=O)cc1COC(=O)C1(c2ccccc2)CC1. The van der Waals surface area contributed by atoms with Gasteiger partial charge in [-0.05, 0) is 43.5 Å². The molecule has 0 spiro atoms. The molecule has 2 aromatic carbocycles. The van der Waals surface area contributed by atoms with E-state index in [9.17, 15) is 9.59 Å². The Morgan fingerprint density at radius 1 is 1.08 bits per heavy atom. The molecule has 0 radical (unpaired) electrons. The van der Waals surface area contributed by atoms with E-state index in [-0.39, 0.29) is 18.4 Å². The number of ether oxygens (including phenoxy) is 2. The molecule has 124 valence electrons. The van der Waals surface area contributed by atoms with Crippen molar-refractivity contribution in [2.75, 3.05) is 7.11 Å². The van der Waals surface area contributed by atoms with Gasteiger partial charge in [0.1, 0.15) is 12.4 Å². The number of carbonyl (C=O) groups excluding carboxylic acids is 2. The van der Waals surface area contributed by atoms with Gasteiger partial charge in [0.05, 0.1) is 12.5 Å². The van der Waals surface area contributed by atoms with Crippen LogP contribution in [0.5, 0.6) is 5.75 Å². The van der Waals surface area contributed by atoms with Crippen molar-refractivity contribution in [1.29, 1.82) is 0 Å². The topological polar surface area (TPSA) is 52.6 Å². The number of hydrogen-bond donors (Lipinski definition) is 0. The van der Waals surface area contributed by atoms with Gasteiger partial charge in [-0.1, -0.05) is 30.3 Å². The summed E-state index contributed by atoms with van der Waals surface area (Å²) in [6.07, 6.45) is 1.61. The lowest BCUT2D eigenvalue weighted by Gasteiger charge is -2.16. The van der Waals surface area contributed by atoms with Crippen molar-refractivity contribution in [2.45, 2.75) is 31.8 Å². The Balaban J connectivity index is 1.75. The molecule has 1 fully saturated rings. The van der Waals surface area contributed by atoms with Crippen LogP contribution in [0, 0.1) is 0 Å². The molecule has 0 N–H and O–H groups in total. The molecular weight excluding hydrogens is 304 g/mol. The Morgan fingerprint density at radius 3 is 2.38 bits per heavy atom. The summed E-state index contributed by atoms with van der Waals surface area (Å²) in [5.74, 6) is 0.356. The molecule has 4 heteroatoms. The number of carbonyl (C=O) groups is 2. The van der Waals surface area contributed by atoms with E-state index in [1.165, 1.54) is 6.92 Å². The van der Waals surface area contributed by atoms with Crippen molar-refractivity contribution in [1.82, 2.24) is 0 Å². The predicted octanol–water partition coefficient (Wildman–Crippen LogP) is 3.67. The fourth-order valence-corrected chi connectivity index (χ4v) is 2.88. The van der Waals surface area contributed by atoms with Crippen molar-refractivity contribution >= 4 is 11.8 Å². The van der Waals surface area contributed by atoms with Crippen LogP contribution in [0.15, 0.2) is 48.5 Å². The second kappa shape index (κ2) is 6.48. The summed E-state index contributed by atoms with van der Waals surface area (Å²) in [7, 11) is 1.56. The molecule has 1 aliphatic rings. The van der Waals surface area contributed by atoms with Crippen LogP contribution in [0.4, 0.5) is 0 Å². The third-order valence-electron chi connectivity index (χ3n) is 4.51. The molecule has 1 aliphatic carbocycles. The van der Waals surface area contributed by atoms with Gasteiger partial charge in [-0.2, -0.15) is 0 Å². The first-order valence-electron chi connectivity index (χ1n) is 7.97. The van der Waals surface area contributed by atoms with E-state index < -0.39 is 5.41 Å². The number of methoxy groups -OCH3 is 1. The number of benzene rings is 2. The average Bonchev–Trinajstić information content (AvgIpc) is 3.42. The summed E-state index contributed by atoms with van der Waals surface area (Å²) in [5, 5.41) is 0. The van der Waals surface area contributed by atoms with Gasteiger partial charge in [0.25, 0.3) is 0 Å². The first-order chi connectivity index (χ1) is 11.6. The Kier molecular flexibility index (Phi) is 4.38. The minimum atomic E-state index is -0.507. The molecule has 0 saturated heterocycles.